The zero-order chi connectivity index (χ0) is 14.9. The Bertz CT molecular complexity index is 377. The smallest absolute Gasteiger partial charge is 0.310 e. The van der Waals surface area contributed by atoms with Crippen LogP contribution in [0.2, 0.25) is 0 Å². The third kappa shape index (κ3) is 3.13. The molecule has 0 radical (unpaired) electrons. The standard InChI is InChI=1S/C18H31NO2/c1-14-6-4-10-18(12-14,17(20)21)13-19-11-5-9-16(19)15-7-2-3-8-15/h14-16H,2-13H2,1H3,(H,20,21). The molecule has 3 rings (SSSR count). The van der Waals surface area contributed by atoms with Crippen LogP contribution in [-0.4, -0.2) is 35.1 Å². The molecule has 3 nitrogen and oxygen atoms in total. The van der Waals surface area contributed by atoms with Crippen molar-refractivity contribution in [2.75, 3.05) is 13.1 Å². The zero-order valence-corrected chi connectivity index (χ0v) is 13.5. The lowest BCUT2D eigenvalue weighted by Crippen LogP contribution is -2.48. The molecule has 0 amide bonds. The quantitative estimate of drug-likeness (QED) is 0.854. The fraction of sp³-hybridized carbons (Fsp3) is 0.944. The summed E-state index contributed by atoms with van der Waals surface area (Å²) in [5.41, 5.74) is -0.459. The lowest BCUT2D eigenvalue weighted by molar-refractivity contribution is -0.154. The first-order valence-corrected chi connectivity index (χ1v) is 9.08. The molecule has 21 heavy (non-hydrogen) atoms. The van der Waals surface area contributed by atoms with Crippen LogP contribution in [0.4, 0.5) is 0 Å². The minimum atomic E-state index is -0.536. The minimum absolute atomic E-state index is 0.459. The van der Waals surface area contributed by atoms with E-state index in [1.807, 2.05) is 0 Å². The van der Waals surface area contributed by atoms with E-state index in [1.165, 1.54) is 44.9 Å². The number of carboxylic acids is 1. The van der Waals surface area contributed by atoms with Crippen molar-refractivity contribution in [2.45, 2.75) is 77.2 Å². The maximum Gasteiger partial charge on any atom is 0.310 e. The fourth-order valence-electron chi connectivity index (χ4n) is 5.38. The number of carboxylic acid groups (broad SMARTS) is 1. The van der Waals surface area contributed by atoms with Gasteiger partial charge in [-0.1, -0.05) is 32.6 Å². The molecule has 3 atom stereocenters. The minimum Gasteiger partial charge on any atom is -0.481 e. The molecule has 2 saturated carbocycles. The number of carbonyl (C=O) groups is 1. The molecule has 3 heteroatoms. The van der Waals surface area contributed by atoms with E-state index in [9.17, 15) is 9.90 Å². The second-order valence-corrected chi connectivity index (χ2v) is 8.01. The molecule has 0 aromatic rings. The Morgan fingerprint density at radius 1 is 1.14 bits per heavy atom. The molecule has 0 aromatic carbocycles. The summed E-state index contributed by atoms with van der Waals surface area (Å²) in [6.45, 7) is 4.17. The molecule has 1 heterocycles. The summed E-state index contributed by atoms with van der Waals surface area (Å²) in [4.78, 5) is 14.6. The molecule has 1 saturated heterocycles. The van der Waals surface area contributed by atoms with E-state index in [1.54, 1.807) is 0 Å². The van der Waals surface area contributed by atoms with Gasteiger partial charge < -0.3 is 5.11 Å². The second kappa shape index (κ2) is 6.28. The van der Waals surface area contributed by atoms with Gasteiger partial charge in [-0.3, -0.25) is 9.69 Å². The largest absolute Gasteiger partial charge is 0.481 e. The fourth-order valence-corrected chi connectivity index (χ4v) is 5.38. The van der Waals surface area contributed by atoms with Crippen molar-refractivity contribution in [1.82, 2.24) is 4.90 Å². The molecule has 0 aromatic heterocycles. The number of nitrogens with zero attached hydrogens (tertiary/aromatic N) is 1. The predicted octanol–water partition coefficient (Wildman–Crippen LogP) is 3.92. The third-order valence-corrected chi connectivity index (χ3v) is 6.41. The van der Waals surface area contributed by atoms with Gasteiger partial charge in [0.05, 0.1) is 5.41 Å². The lowest BCUT2D eigenvalue weighted by Gasteiger charge is -2.41. The highest BCUT2D eigenvalue weighted by Crippen LogP contribution is 2.43. The molecule has 3 aliphatic rings. The van der Waals surface area contributed by atoms with Crippen molar-refractivity contribution in [3.05, 3.63) is 0 Å². The topological polar surface area (TPSA) is 40.5 Å². The summed E-state index contributed by atoms with van der Waals surface area (Å²) in [6, 6.07) is 0.681. The van der Waals surface area contributed by atoms with Gasteiger partial charge in [-0.05, 0) is 56.9 Å². The summed E-state index contributed by atoms with van der Waals surface area (Å²) in [7, 11) is 0. The Balaban J connectivity index is 1.71. The number of aliphatic carboxylic acids is 1. The third-order valence-electron chi connectivity index (χ3n) is 6.41. The average Bonchev–Trinajstić information content (AvgIpc) is 3.08. The first-order valence-electron chi connectivity index (χ1n) is 9.08. The maximum atomic E-state index is 12.0. The second-order valence-electron chi connectivity index (χ2n) is 8.01. The monoisotopic (exact) mass is 293 g/mol. The Morgan fingerprint density at radius 2 is 1.90 bits per heavy atom. The molecule has 3 fully saturated rings. The molecule has 1 N–H and O–H groups in total. The highest BCUT2D eigenvalue weighted by Gasteiger charge is 2.45. The van der Waals surface area contributed by atoms with Gasteiger partial charge in [0.2, 0.25) is 0 Å². The van der Waals surface area contributed by atoms with Gasteiger partial charge in [0.1, 0.15) is 0 Å². The van der Waals surface area contributed by atoms with Crippen LogP contribution in [0.25, 0.3) is 0 Å². The number of rotatable bonds is 4. The van der Waals surface area contributed by atoms with Crippen molar-refractivity contribution in [3.63, 3.8) is 0 Å². The van der Waals surface area contributed by atoms with Crippen LogP contribution < -0.4 is 0 Å². The molecule has 2 aliphatic carbocycles. The molecule has 1 aliphatic heterocycles. The van der Waals surface area contributed by atoms with Crippen LogP contribution in [0.3, 0.4) is 0 Å². The van der Waals surface area contributed by atoms with Crippen molar-refractivity contribution < 1.29 is 9.90 Å². The Hall–Kier alpha value is -0.570. The van der Waals surface area contributed by atoms with E-state index in [2.05, 4.69) is 11.8 Å². The van der Waals surface area contributed by atoms with Gasteiger partial charge in [-0.25, -0.2) is 0 Å². The van der Waals surface area contributed by atoms with Crippen LogP contribution in [0, 0.1) is 17.3 Å². The van der Waals surface area contributed by atoms with Crippen LogP contribution in [0.1, 0.15) is 71.1 Å². The van der Waals surface area contributed by atoms with Gasteiger partial charge in [-0.15, -0.1) is 0 Å². The van der Waals surface area contributed by atoms with Gasteiger partial charge in [-0.2, -0.15) is 0 Å². The van der Waals surface area contributed by atoms with Crippen LogP contribution in [-0.2, 0) is 4.79 Å². The Morgan fingerprint density at radius 3 is 2.57 bits per heavy atom. The van der Waals surface area contributed by atoms with E-state index >= 15 is 0 Å². The molecular weight excluding hydrogens is 262 g/mol. The summed E-state index contributed by atoms with van der Waals surface area (Å²) in [5.74, 6) is 0.882. The van der Waals surface area contributed by atoms with E-state index in [0.717, 1.165) is 38.3 Å². The SMILES string of the molecule is CC1CCCC(CN2CCCC2C2CCCC2)(C(=O)O)C1. The zero-order valence-electron chi connectivity index (χ0n) is 13.5. The Labute approximate surface area is 129 Å². The van der Waals surface area contributed by atoms with E-state index in [-0.39, 0.29) is 0 Å². The predicted molar refractivity (Wildman–Crippen MR) is 84.3 cm³/mol. The van der Waals surface area contributed by atoms with Gasteiger partial charge in [0, 0.05) is 12.6 Å². The van der Waals surface area contributed by atoms with Crippen molar-refractivity contribution in [2.24, 2.45) is 17.3 Å². The van der Waals surface area contributed by atoms with E-state index in [4.69, 9.17) is 0 Å². The molecule has 0 bridgehead atoms. The number of likely N-dealkylation sites (tertiary alicyclic amines) is 1. The highest BCUT2D eigenvalue weighted by molar-refractivity contribution is 5.75. The maximum absolute atomic E-state index is 12.0. The normalized spacial score (nSPS) is 38.9. The van der Waals surface area contributed by atoms with Gasteiger partial charge in [0.25, 0.3) is 0 Å². The van der Waals surface area contributed by atoms with E-state index < -0.39 is 11.4 Å². The Kier molecular flexibility index (Phi) is 4.58. The summed E-state index contributed by atoms with van der Waals surface area (Å²) in [5, 5.41) is 9.89. The van der Waals surface area contributed by atoms with Crippen molar-refractivity contribution in [3.8, 4) is 0 Å². The van der Waals surface area contributed by atoms with Crippen LogP contribution >= 0.6 is 0 Å². The molecule has 3 unspecified atom stereocenters. The molecular formula is C18H31NO2. The van der Waals surface area contributed by atoms with Crippen LogP contribution in [0.15, 0.2) is 0 Å². The first-order chi connectivity index (χ1) is 10.1. The van der Waals surface area contributed by atoms with Crippen molar-refractivity contribution in [1.29, 1.82) is 0 Å². The van der Waals surface area contributed by atoms with Crippen LogP contribution in [0.5, 0.6) is 0 Å². The van der Waals surface area contributed by atoms with Crippen molar-refractivity contribution >= 4 is 5.97 Å². The summed E-state index contributed by atoms with van der Waals surface area (Å²) in [6.07, 6.45) is 12.2. The molecule has 0 spiro atoms. The first kappa shape index (κ1) is 15.3. The highest BCUT2D eigenvalue weighted by atomic mass is 16.4. The molecule has 120 valence electrons. The average molecular weight is 293 g/mol. The van der Waals surface area contributed by atoms with Gasteiger partial charge >= 0.3 is 5.97 Å². The summed E-state index contributed by atoms with van der Waals surface area (Å²) >= 11 is 0. The van der Waals surface area contributed by atoms with E-state index in [0.29, 0.717) is 12.0 Å². The number of hydrogen-bond acceptors (Lipinski definition) is 2. The lowest BCUT2D eigenvalue weighted by atomic mass is 9.69. The summed E-state index contributed by atoms with van der Waals surface area (Å²) < 4.78 is 0. The number of hydrogen-bond donors (Lipinski definition) is 1. The van der Waals surface area contributed by atoms with Gasteiger partial charge in [0.15, 0.2) is 0 Å².